The SMILES string of the molecule is CC[C@H]1CN(c2nc(N)c(C(=O)NCCO)nc2Cl)CCN1C1CCN(C(=O)c2ccc(Cl)cc2OCCN)CC1. The predicted octanol–water partition coefficient (Wildman–Crippen LogP) is 1.63. The number of piperidine rings is 1. The van der Waals surface area contributed by atoms with Gasteiger partial charge in [-0.25, -0.2) is 9.97 Å². The zero-order valence-electron chi connectivity index (χ0n) is 23.2. The molecule has 2 fully saturated rings. The van der Waals surface area contributed by atoms with Gasteiger partial charge in [-0.1, -0.05) is 30.1 Å². The maximum absolute atomic E-state index is 13.4. The van der Waals surface area contributed by atoms with Gasteiger partial charge >= 0.3 is 0 Å². The molecule has 4 rings (SSSR count). The second-order valence-corrected chi connectivity index (χ2v) is 10.9. The molecule has 224 valence electrons. The largest absolute Gasteiger partial charge is 0.491 e. The topological polar surface area (TPSA) is 163 Å². The van der Waals surface area contributed by atoms with Crippen molar-refractivity contribution < 1.29 is 19.4 Å². The summed E-state index contributed by atoms with van der Waals surface area (Å²) in [7, 11) is 0. The van der Waals surface area contributed by atoms with Crippen molar-refractivity contribution in [3.63, 3.8) is 0 Å². The van der Waals surface area contributed by atoms with E-state index in [1.54, 1.807) is 18.2 Å². The average molecular weight is 610 g/mol. The first-order valence-electron chi connectivity index (χ1n) is 13.9. The molecule has 3 heterocycles. The maximum atomic E-state index is 13.4. The van der Waals surface area contributed by atoms with E-state index in [2.05, 4.69) is 32.0 Å². The molecule has 0 bridgehead atoms. The maximum Gasteiger partial charge on any atom is 0.273 e. The Balaban J connectivity index is 1.38. The quantitative estimate of drug-likeness (QED) is 0.311. The van der Waals surface area contributed by atoms with Crippen molar-refractivity contribution in [1.29, 1.82) is 0 Å². The minimum absolute atomic E-state index is 0.00960. The third-order valence-corrected chi connectivity index (χ3v) is 8.03. The third-order valence-electron chi connectivity index (χ3n) is 7.55. The lowest BCUT2D eigenvalue weighted by Crippen LogP contribution is -2.58. The van der Waals surface area contributed by atoms with Gasteiger partial charge in [0.05, 0.1) is 12.2 Å². The lowest BCUT2D eigenvalue weighted by atomic mass is 9.97. The molecular formula is C27H38Cl2N8O4. The van der Waals surface area contributed by atoms with Crippen LogP contribution in [0.2, 0.25) is 10.2 Å². The van der Waals surface area contributed by atoms with Crippen LogP contribution in [0.3, 0.4) is 0 Å². The molecule has 6 N–H and O–H groups in total. The van der Waals surface area contributed by atoms with Crippen molar-refractivity contribution in [2.75, 3.05) is 69.7 Å². The Kier molecular flexibility index (Phi) is 10.8. The number of carbonyl (C=O) groups is 2. The van der Waals surface area contributed by atoms with Crippen LogP contribution in [-0.4, -0.2) is 108 Å². The van der Waals surface area contributed by atoms with Gasteiger partial charge in [-0.15, -0.1) is 0 Å². The van der Waals surface area contributed by atoms with Crippen LogP contribution >= 0.6 is 23.2 Å². The first kappa shape index (κ1) is 31.0. The third kappa shape index (κ3) is 7.31. The van der Waals surface area contributed by atoms with E-state index in [0.29, 0.717) is 67.5 Å². The van der Waals surface area contributed by atoms with Crippen LogP contribution in [0, 0.1) is 0 Å². The molecule has 41 heavy (non-hydrogen) atoms. The minimum atomic E-state index is -0.533. The van der Waals surface area contributed by atoms with Gasteiger partial charge in [-0.2, -0.15) is 0 Å². The summed E-state index contributed by atoms with van der Waals surface area (Å²) in [6.07, 6.45) is 2.64. The van der Waals surface area contributed by atoms with Crippen molar-refractivity contribution in [2.24, 2.45) is 5.73 Å². The number of amides is 2. The van der Waals surface area contributed by atoms with Crippen LogP contribution in [0.5, 0.6) is 5.75 Å². The van der Waals surface area contributed by atoms with Gasteiger partial charge in [0.25, 0.3) is 11.8 Å². The number of nitrogens with zero attached hydrogens (tertiary/aromatic N) is 5. The molecular weight excluding hydrogens is 571 g/mol. The monoisotopic (exact) mass is 608 g/mol. The molecule has 0 radical (unpaired) electrons. The fourth-order valence-electron chi connectivity index (χ4n) is 5.48. The Morgan fingerprint density at radius 2 is 1.93 bits per heavy atom. The molecule has 12 nitrogen and oxygen atoms in total. The molecule has 2 amide bonds. The molecule has 2 saturated heterocycles. The summed E-state index contributed by atoms with van der Waals surface area (Å²) in [5.74, 6) is 0.303. The van der Waals surface area contributed by atoms with Crippen molar-refractivity contribution in [3.8, 4) is 5.75 Å². The highest BCUT2D eigenvalue weighted by Gasteiger charge is 2.35. The van der Waals surface area contributed by atoms with Gasteiger partial charge in [0.1, 0.15) is 12.4 Å². The Labute approximate surface area is 249 Å². The smallest absolute Gasteiger partial charge is 0.273 e. The summed E-state index contributed by atoms with van der Waals surface area (Å²) in [4.78, 5) is 40.7. The van der Waals surface area contributed by atoms with Crippen molar-refractivity contribution in [2.45, 2.75) is 38.3 Å². The predicted molar refractivity (Wildman–Crippen MR) is 159 cm³/mol. The van der Waals surface area contributed by atoms with Crippen molar-refractivity contribution >= 4 is 46.7 Å². The normalized spacial score (nSPS) is 18.4. The summed E-state index contributed by atoms with van der Waals surface area (Å²) in [5.41, 5.74) is 12.1. The number of nitrogens with two attached hydrogens (primary N) is 2. The number of nitrogen functional groups attached to an aromatic ring is 1. The number of aliphatic hydroxyl groups is 1. The van der Waals surface area contributed by atoms with Gasteiger partial charge < -0.3 is 36.4 Å². The Hall–Kier alpha value is -2.90. The van der Waals surface area contributed by atoms with Crippen LogP contribution in [0.4, 0.5) is 11.6 Å². The molecule has 2 aromatic rings. The van der Waals surface area contributed by atoms with Crippen molar-refractivity contribution in [3.05, 3.63) is 39.6 Å². The lowest BCUT2D eigenvalue weighted by molar-refractivity contribution is 0.0488. The second-order valence-electron chi connectivity index (χ2n) is 10.1. The number of aromatic nitrogens is 2. The van der Waals surface area contributed by atoms with Gasteiger partial charge in [0.15, 0.2) is 22.5 Å². The zero-order chi connectivity index (χ0) is 29.5. The highest BCUT2D eigenvalue weighted by atomic mass is 35.5. The fourth-order valence-corrected chi connectivity index (χ4v) is 5.89. The first-order valence-corrected chi connectivity index (χ1v) is 14.7. The van der Waals surface area contributed by atoms with E-state index in [4.69, 9.17) is 44.5 Å². The summed E-state index contributed by atoms with van der Waals surface area (Å²) in [6.45, 7) is 6.13. The van der Waals surface area contributed by atoms with Gasteiger partial charge in [-0.3, -0.25) is 14.5 Å². The Morgan fingerprint density at radius 1 is 1.17 bits per heavy atom. The van der Waals surface area contributed by atoms with Crippen LogP contribution in [0.15, 0.2) is 18.2 Å². The van der Waals surface area contributed by atoms with Gasteiger partial charge in [0, 0.05) is 62.9 Å². The van der Waals surface area contributed by atoms with E-state index in [1.807, 2.05) is 4.90 Å². The number of piperazine rings is 1. The number of nitrogens with one attached hydrogen (secondary N) is 1. The van der Waals surface area contributed by atoms with Crippen LogP contribution in [-0.2, 0) is 0 Å². The van der Waals surface area contributed by atoms with E-state index in [1.165, 1.54) is 0 Å². The average Bonchev–Trinajstić information content (AvgIpc) is 2.99. The van der Waals surface area contributed by atoms with Crippen LogP contribution in [0.1, 0.15) is 47.0 Å². The van der Waals surface area contributed by atoms with E-state index in [9.17, 15) is 9.59 Å². The van der Waals surface area contributed by atoms with E-state index >= 15 is 0 Å². The number of hydrogen-bond donors (Lipinski definition) is 4. The number of benzene rings is 1. The van der Waals surface area contributed by atoms with Crippen LogP contribution in [0.25, 0.3) is 0 Å². The number of aliphatic hydroxyl groups excluding tert-OH is 1. The highest BCUT2D eigenvalue weighted by Crippen LogP contribution is 2.31. The van der Waals surface area contributed by atoms with E-state index in [-0.39, 0.29) is 41.8 Å². The Bertz CT molecular complexity index is 1230. The molecule has 1 atom stereocenters. The summed E-state index contributed by atoms with van der Waals surface area (Å²) in [6, 6.07) is 5.66. The summed E-state index contributed by atoms with van der Waals surface area (Å²) >= 11 is 12.6. The lowest BCUT2D eigenvalue weighted by Gasteiger charge is -2.47. The van der Waals surface area contributed by atoms with Crippen LogP contribution < -0.4 is 26.4 Å². The molecule has 0 saturated carbocycles. The molecule has 0 aliphatic carbocycles. The molecule has 1 aromatic carbocycles. The molecule has 1 aromatic heterocycles. The van der Waals surface area contributed by atoms with E-state index < -0.39 is 5.91 Å². The standard InChI is InChI=1S/C27H38Cl2N8O4/c1-2-18-16-36(25-23(29)33-22(24(31)34-25)26(39)32-8-13-38)11-12-37(18)19-5-9-35(10-6-19)27(40)20-4-3-17(28)15-21(20)41-14-7-30/h3-4,15,18-19,38H,2,5-14,16,30H2,1H3,(H2,31,34)(H,32,39)/t18-/m0/s1. The number of hydrogen-bond acceptors (Lipinski definition) is 10. The second kappa shape index (κ2) is 14.3. The van der Waals surface area contributed by atoms with Crippen molar-refractivity contribution in [1.82, 2.24) is 25.1 Å². The fraction of sp³-hybridized carbons (Fsp3) is 0.556. The summed E-state index contributed by atoms with van der Waals surface area (Å²) < 4.78 is 5.69. The molecule has 2 aliphatic heterocycles. The number of halogens is 2. The number of anilines is 2. The molecule has 0 unspecified atom stereocenters. The molecule has 2 aliphatic rings. The number of rotatable bonds is 10. The summed E-state index contributed by atoms with van der Waals surface area (Å²) in [5, 5.41) is 12.1. The number of ether oxygens (including phenoxy) is 1. The minimum Gasteiger partial charge on any atom is -0.491 e. The highest BCUT2D eigenvalue weighted by molar-refractivity contribution is 6.32. The zero-order valence-corrected chi connectivity index (χ0v) is 24.7. The van der Waals surface area contributed by atoms with Gasteiger partial charge in [0.2, 0.25) is 0 Å². The Morgan fingerprint density at radius 3 is 2.61 bits per heavy atom. The van der Waals surface area contributed by atoms with Gasteiger partial charge in [-0.05, 0) is 37.5 Å². The first-order chi connectivity index (χ1) is 19.8. The number of likely N-dealkylation sites (tertiary alicyclic amines) is 1. The van der Waals surface area contributed by atoms with E-state index in [0.717, 1.165) is 25.8 Å². The molecule has 0 spiro atoms. The molecule has 14 heteroatoms. The number of carbonyl (C=O) groups excluding carboxylic acids is 2.